The molecule has 0 spiro atoms. The zero-order valence-electron chi connectivity index (χ0n) is 11.5. The molecule has 0 amide bonds. The van der Waals surface area contributed by atoms with Gasteiger partial charge in [-0.2, -0.15) is 0 Å². The van der Waals surface area contributed by atoms with E-state index in [9.17, 15) is 0 Å². The Morgan fingerprint density at radius 3 is 2.28 bits per heavy atom. The van der Waals surface area contributed by atoms with E-state index in [4.69, 9.17) is 4.74 Å². The number of unbranched alkanes of at least 4 members (excludes halogenated alkanes) is 2. The molecule has 0 bridgehead atoms. The monoisotopic (exact) mass is 361 g/mol. The lowest BCUT2D eigenvalue weighted by atomic mass is 10.2. The van der Waals surface area contributed by atoms with Crippen molar-refractivity contribution in [2.75, 3.05) is 26.2 Å². The second kappa shape index (κ2) is 9.62. The minimum atomic E-state index is 0.832. The third kappa shape index (κ3) is 6.59. The molecule has 0 atom stereocenters. The molecule has 102 valence electrons. The zero-order chi connectivity index (χ0) is 13.2. The molecule has 0 aliphatic carbocycles. The molecule has 0 saturated heterocycles. The maximum Gasteiger partial charge on any atom is 0.119 e. The average molecular weight is 361 g/mol. The number of hydrogen-bond donors (Lipinski definition) is 0. The summed E-state index contributed by atoms with van der Waals surface area (Å²) >= 11 is 2.31. The van der Waals surface area contributed by atoms with Crippen molar-refractivity contribution in [2.24, 2.45) is 0 Å². The largest absolute Gasteiger partial charge is 0.494 e. The lowest BCUT2D eigenvalue weighted by Crippen LogP contribution is -2.23. The normalized spacial score (nSPS) is 10.9. The predicted molar refractivity (Wildman–Crippen MR) is 86.3 cm³/mol. The second-order valence-corrected chi connectivity index (χ2v) is 5.64. The van der Waals surface area contributed by atoms with Gasteiger partial charge in [-0.3, -0.25) is 0 Å². The average Bonchev–Trinajstić information content (AvgIpc) is 2.40. The summed E-state index contributed by atoms with van der Waals surface area (Å²) in [6.45, 7) is 8.83. The molecule has 3 heteroatoms. The van der Waals surface area contributed by atoms with Gasteiger partial charge in [-0.25, -0.2) is 0 Å². The van der Waals surface area contributed by atoms with Crippen molar-refractivity contribution in [1.29, 1.82) is 0 Å². The van der Waals surface area contributed by atoms with Gasteiger partial charge in [0.25, 0.3) is 0 Å². The molecule has 0 N–H and O–H groups in total. The Labute approximate surface area is 125 Å². The fourth-order valence-corrected chi connectivity index (χ4v) is 2.23. The van der Waals surface area contributed by atoms with E-state index in [-0.39, 0.29) is 0 Å². The van der Waals surface area contributed by atoms with Crippen molar-refractivity contribution < 1.29 is 4.74 Å². The van der Waals surface area contributed by atoms with E-state index >= 15 is 0 Å². The molecule has 18 heavy (non-hydrogen) atoms. The van der Waals surface area contributed by atoms with Gasteiger partial charge in [0, 0.05) is 3.57 Å². The number of halogens is 1. The van der Waals surface area contributed by atoms with Gasteiger partial charge in [0.15, 0.2) is 0 Å². The van der Waals surface area contributed by atoms with Gasteiger partial charge in [-0.1, -0.05) is 13.8 Å². The van der Waals surface area contributed by atoms with Crippen LogP contribution in [0.3, 0.4) is 0 Å². The summed E-state index contributed by atoms with van der Waals surface area (Å²) in [4.78, 5) is 2.47. The van der Waals surface area contributed by atoms with Crippen molar-refractivity contribution in [3.05, 3.63) is 27.8 Å². The third-order valence-corrected chi connectivity index (χ3v) is 3.81. The van der Waals surface area contributed by atoms with Crippen LogP contribution in [0.25, 0.3) is 0 Å². The van der Waals surface area contributed by atoms with Crippen molar-refractivity contribution in [1.82, 2.24) is 4.90 Å². The minimum Gasteiger partial charge on any atom is -0.494 e. The Bertz CT molecular complexity index is 309. The molecule has 0 unspecified atom stereocenters. The molecule has 1 rings (SSSR count). The number of benzene rings is 1. The predicted octanol–water partition coefficient (Wildman–Crippen LogP) is 4.18. The Morgan fingerprint density at radius 2 is 1.67 bits per heavy atom. The van der Waals surface area contributed by atoms with Crippen molar-refractivity contribution in [3.8, 4) is 5.75 Å². The van der Waals surface area contributed by atoms with Crippen LogP contribution in [0.1, 0.15) is 33.1 Å². The van der Waals surface area contributed by atoms with Crippen LogP contribution < -0.4 is 4.74 Å². The topological polar surface area (TPSA) is 12.5 Å². The summed E-state index contributed by atoms with van der Waals surface area (Å²) in [5, 5.41) is 0. The maximum atomic E-state index is 5.70. The lowest BCUT2D eigenvalue weighted by Gasteiger charge is -2.17. The molecular formula is C15H24INO. The number of ether oxygens (including phenoxy) is 1. The van der Waals surface area contributed by atoms with Crippen LogP contribution in [0.5, 0.6) is 5.75 Å². The highest BCUT2D eigenvalue weighted by molar-refractivity contribution is 14.1. The zero-order valence-corrected chi connectivity index (χ0v) is 13.7. The summed E-state index contributed by atoms with van der Waals surface area (Å²) in [6, 6.07) is 8.24. The van der Waals surface area contributed by atoms with Crippen LogP contribution >= 0.6 is 22.6 Å². The fraction of sp³-hybridized carbons (Fsp3) is 0.600. The van der Waals surface area contributed by atoms with Gasteiger partial charge in [-0.15, -0.1) is 0 Å². The molecule has 0 aromatic heterocycles. The van der Waals surface area contributed by atoms with E-state index in [2.05, 4.69) is 53.5 Å². The van der Waals surface area contributed by atoms with E-state index in [1.54, 1.807) is 0 Å². The molecule has 0 aliphatic heterocycles. The van der Waals surface area contributed by atoms with E-state index in [1.165, 1.54) is 23.0 Å². The molecule has 0 heterocycles. The first kappa shape index (κ1) is 15.8. The number of rotatable bonds is 9. The first-order valence-corrected chi connectivity index (χ1v) is 7.94. The summed E-state index contributed by atoms with van der Waals surface area (Å²) in [5.41, 5.74) is 0. The van der Waals surface area contributed by atoms with E-state index in [1.807, 2.05) is 12.1 Å². The summed E-state index contributed by atoms with van der Waals surface area (Å²) < 4.78 is 6.95. The van der Waals surface area contributed by atoms with Crippen molar-refractivity contribution >= 4 is 22.6 Å². The van der Waals surface area contributed by atoms with E-state index in [0.29, 0.717) is 0 Å². The van der Waals surface area contributed by atoms with Crippen LogP contribution in [0.15, 0.2) is 24.3 Å². The van der Waals surface area contributed by atoms with Crippen molar-refractivity contribution in [2.45, 2.75) is 33.1 Å². The van der Waals surface area contributed by atoms with Crippen LogP contribution in [-0.4, -0.2) is 31.1 Å². The summed E-state index contributed by atoms with van der Waals surface area (Å²) in [5.74, 6) is 0.985. The summed E-state index contributed by atoms with van der Waals surface area (Å²) in [6.07, 6.45) is 3.67. The highest BCUT2D eigenvalue weighted by atomic mass is 127. The van der Waals surface area contributed by atoms with Gasteiger partial charge in [0.05, 0.1) is 6.61 Å². The molecule has 0 aliphatic rings. The highest BCUT2D eigenvalue weighted by Gasteiger charge is 1.98. The summed E-state index contributed by atoms with van der Waals surface area (Å²) in [7, 11) is 0. The molecule has 0 saturated carbocycles. The van der Waals surface area contributed by atoms with Gasteiger partial charge in [-0.05, 0) is 85.8 Å². The van der Waals surface area contributed by atoms with Crippen LogP contribution in [-0.2, 0) is 0 Å². The first-order chi connectivity index (χ1) is 8.76. The van der Waals surface area contributed by atoms with E-state index < -0.39 is 0 Å². The van der Waals surface area contributed by atoms with Crippen molar-refractivity contribution in [3.63, 3.8) is 0 Å². The quantitative estimate of drug-likeness (QED) is 0.483. The van der Waals surface area contributed by atoms with Gasteiger partial charge in [0.2, 0.25) is 0 Å². The lowest BCUT2D eigenvalue weighted by molar-refractivity contribution is 0.277. The third-order valence-electron chi connectivity index (χ3n) is 3.10. The van der Waals surface area contributed by atoms with Crippen LogP contribution in [0, 0.1) is 3.57 Å². The fourth-order valence-electron chi connectivity index (χ4n) is 1.87. The molecular weight excluding hydrogens is 337 g/mol. The van der Waals surface area contributed by atoms with Gasteiger partial charge >= 0.3 is 0 Å². The van der Waals surface area contributed by atoms with Gasteiger partial charge in [0.1, 0.15) is 5.75 Å². The number of nitrogens with zero attached hydrogens (tertiary/aromatic N) is 1. The smallest absolute Gasteiger partial charge is 0.119 e. The van der Waals surface area contributed by atoms with Gasteiger partial charge < -0.3 is 9.64 Å². The molecule has 1 aromatic rings. The number of hydrogen-bond acceptors (Lipinski definition) is 2. The minimum absolute atomic E-state index is 0.832. The molecule has 0 fully saturated rings. The highest BCUT2D eigenvalue weighted by Crippen LogP contribution is 2.13. The molecule has 1 aromatic carbocycles. The molecule has 2 nitrogen and oxygen atoms in total. The Hall–Kier alpha value is -0.290. The SMILES string of the molecule is CCN(CC)CCCCCOc1ccc(I)cc1. The Kier molecular flexibility index (Phi) is 8.42. The van der Waals surface area contributed by atoms with Crippen LogP contribution in [0.4, 0.5) is 0 Å². The second-order valence-electron chi connectivity index (χ2n) is 4.39. The Morgan fingerprint density at radius 1 is 1.00 bits per heavy atom. The standard InChI is InChI=1S/C15H24INO/c1-3-17(4-2)12-6-5-7-13-18-15-10-8-14(16)9-11-15/h8-11H,3-7,12-13H2,1-2H3. The molecule has 0 radical (unpaired) electrons. The Balaban J connectivity index is 2.03. The van der Waals surface area contributed by atoms with E-state index in [0.717, 1.165) is 31.9 Å². The maximum absolute atomic E-state index is 5.70. The van der Waals surface area contributed by atoms with Crippen LogP contribution in [0.2, 0.25) is 0 Å². The first-order valence-electron chi connectivity index (χ1n) is 6.87.